The van der Waals surface area contributed by atoms with Crippen molar-refractivity contribution < 1.29 is 4.74 Å². The largest absolute Gasteiger partial charge is 0.466 e. The summed E-state index contributed by atoms with van der Waals surface area (Å²) in [5.74, 6) is 1.74. The number of nitrogens with zero attached hydrogens (tertiary/aromatic N) is 5. The number of methoxy groups -OCH3 is 1. The highest BCUT2D eigenvalue weighted by Gasteiger charge is 2.39. The number of aromatic nitrogens is 3. The van der Waals surface area contributed by atoms with E-state index in [0.717, 1.165) is 47.0 Å². The van der Waals surface area contributed by atoms with E-state index >= 15 is 0 Å². The zero-order valence-corrected chi connectivity index (χ0v) is 12.8. The molecule has 2 saturated heterocycles. The van der Waals surface area contributed by atoms with Crippen molar-refractivity contribution in [3.05, 3.63) is 0 Å². The van der Waals surface area contributed by atoms with E-state index in [-0.39, 0.29) is 0 Å². The van der Waals surface area contributed by atoms with Gasteiger partial charge >= 0.3 is 17.9 Å². The summed E-state index contributed by atoms with van der Waals surface area (Å²) in [5, 5.41) is 0. The molecule has 0 amide bonds. The molecule has 2 aliphatic rings. The lowest BCUT2D eigenvalue weighted by molar-refractivity contribution is 0.327. The van der Waals surface area contributed by atoms with E-state index in [2.05, 4.69) is 24.1 Å². The summed E-state index contributed by atoms with van der Waals surface area (Å²) in [7, 11) is 6.07. The molecule has 0 N–H and O–H groups in total. The van der Waals surface area contributed by atoms with Gasteiger partial charge in [0.25, 0.3) is 0 Å². The molecule has 2 aliphatic heterocycles. The van der Waals surface area contributed by atoms with E-state index < -0.39 is 0 Å². The highest BCUT2D eigenvalue weighted by molar-refractivity contribution is 5.36. The molecular formula is C14H25N5O+2. The van der Waals surface area contributed by atoms with Crippen molar-refractivity contribution in [3.63, 3.8) is 0 Å². The Bertz CT molecular complexity index is 452. The normalized spacial score (nSPS) is 23.9. The van der Waals surface area contributed by atoms with Gasteiger partial charge in [0.1, 0.15) is 0 Å². The molecule has 0 aliphatic carbocycles. The van der Waals surface area contributed by atoms with Crippen LogP contribution in [0.2, 0.25) is 0 Å². The van der Waals surface area contributed by atoms with Crippen molar-refractivity contribution in [2.75, 3.05) is 47.4 Å². The van der Waals surface area contributed by atoms with Crippen LogP contribution in [0.5, 0.6) is 6.01 Å². The van der Waals surface area contributed by atoms with Crippen LogP contribution < -0.4 is 13.7 Å². The minimum absolute atomic E-state index is 0.461. The summed E-state index contributed by atoms with van der Waals surface area (Å²) >= 11 is 0. The fourth-order valence-electron chi connectivity index (χ4n) is 3.38. The van der Waals surface area contributed by atoms with Crippen LogP contribution in [0.3, 0.4) is 0 Å². The van der Waals surface area contributed by atoms with Crippen molar-refractivity contribution in [1.82, 2.24) is 23.9 Å². The average molecular weight is 279 g/mol. The summed E-state index contributed by atoms with van der Waals surface area (Å²) < 4.78 is 6.95. The van der Waals surface area contributed by atoms with Gasteiger partial charge in [0, 0.05) is 25.7 Å². The SMILES string of the molecule is COc1nc([N+]2(C)CCCC2)nc([N+]2(C)CCCC2)n1. The first-order valence-electron chi connectivity index (χ1n) is 7.56. The van der Waals surface area contributed by atoms with Crippen molar-refractivity contribution in [2.24, 2.45) is 0 Å². The molecule has 0 radical (unpaired) electrons. The molecule has 20 heavy (non-hydrogen) atoms. The Morgan fingerprint density at radius 2 is 1.15 bits per heavy atom. The van der Waals surface area contributed by atoms with Gasteiger partial charge in [0.2, 0.25) is 0 Å². The highest BCUT2D eigenvalue weighted by Crippen LogP contribution is 2.30. The molecule has 6 heteroatoms. The molecule has 0 saturated carbocycles. The number of rotatable bonds is 3. The Hall–Kier alpha value is -1.27. The van der Waals surface area contributed by atoms with Gasteiger partial charge in [0.05, 0.1) is 47.4 Å². The Morgan fingerprint density at radius 3 is 1.50 bits per heavy atom. The molecule has 0 spiro atoms. The second kappa shape index (κ2) is 4.93. The topological polar surface area (TPSA) is 47.9 Å². The molecule has 3 heterocycles. The predicted octanol–water partition coefficient (Wildman–Crippen LogP) is 1.34. The third-order valence-electron chi connectivity index (χ3n) is 4.85. The van der Waals surface area contributed by atoms with E-state index in [1.165, 1.54) is 25.7 Å². The van der Waals surface area contributed by atoms with Crippen molar-refractivity contribution >= 4 is 11.9 Å². The predicted molar refractivity (Wildman–Crippen MR) is 79.8 cm³/mol. The molecule has 3 rings (SSSR count). The lowest BCUT2D eigenvalue weighted by Crippen LogP contribution is -2.46. The molecule has 0 atom stereocenters. The maximum atomic E-state index is 5.32. The Labute approximate surface area is 120 Å². The van der Waals surface area contributed by atoms with Gasteiger partial charge in [-0.2, -0.15) is 0 Å². The lowest BCUT2D eigenvalue weighted by Gasteiger charge is -2.29. The first-order valence-corrected chi connectivity index (χ1v) is 7.56. The minimum atomic E-state index is 0.461. The molecule has 0 bridgehead atoms. The van der Waals surface area contributed by atoms with Crippen molar-refractivity contribution in [3.8, 4) is 6.01 Å². The van der Waals surface area contributed by atoms with Crippen LogP contribution >= 0.6 is 0 Å². The molecule has 2 fully saturated rings. The van der Waals surface area contributed by atoms with Crippen LogP contribution in [0, 0.1) is 0 Å². The molecule has 110 valence electrons. The van der Waals surface area contributed by atoms with Crippen molar-refractivity contribution in [2.45, 2.75) is 25.7 Å². The Balaban J connectivity index is 2.03. The lowest BCUT2D eigenvalue weighted by atomic mass is 10.4. The van der Waals surface area contributed by atoms with Gasteiger partial charge in [-0.25, -0.2) is 0 Å². The van der Waals surface area contributed by atoms with E-state index in [1.807, 2.05) is 0 Å². The standard InChI is InChI=1S/C14H25N5O/c1-18(8-4-5-9-18)12-15-13(17-14(16-12)20-3)19(2)10-6-7-11-19/h4-11H2,1-3H3/q+2. The monoisotopic (exact) mass is 279 g/mol. The van der Waals surface area contributed by atoms with E-state index in [9.17, 15) is 0 Å². The van der Waals surface area contributed by atoms with Crippen LogP contribution in [-0.4, -0.2) is 62.3 Å². The van der Waals surface area contributed by atoms with Crippen LogP contribution in [-0.2, 0) is 0 Å². The number of hydrogen-bond acceptors (Lipinski definition) is 4. The summed E-state index contributed by atoms with van der Waals surface area (Å²) in [6.07, 6.45) is 4.97. The van der Waals surface area contributed by atoms with Gasteiger partial charge in [-0.1, -0.05) is 0 Å². The smallest absolute Gasteiger partial charge is 0.339 e. The summed E-state index contributed by atoms with van der Waals surface area (Å²) in [6.45, 7) is 4.43. The number of hydrogen-bond donors (Lipinski definition) is 0. The van der Waals surface area contributed by atoms with Crippen LogP contribution in [0.15, 0.2) is 0 Å². The van der Waals surface area contributed by atoms with Gasteiger partial charge in [-0.15, -0.1) is 15.0 Å². The number of quaternary nitrogens is 2. The Kier molecular flexibility index (Phi) is 3.38. The summed E-state index contributed by atoms with van der Waals surface area (Å²) in [4.78, 5) is 13.9. The maximum absolute atomic E-state index is 5.32. The first-order chi connectivity index (χ1) is 9.56. The van der Waals surface area contributed by atoms with Gasteiger partial charge < -0.3 is 4.74 Å². The summed E-state index contributed by atoms with van der Waals surface area (Å²) in [6, 6.07) is 0.461. The van der Waals surface area contributed by atoms with Gasteiger partial charge in [-0.3, -0.25) is 8.97 Å². The molecule has 0 unspecified atom stereocenters. The number of ether oxygens (including phenoxy) is 1. The van der Waals surface area contributed by atoms with Gasteiger partial charge in [0.15, 0.2) is 0 Å². The average Bonchev–Trinajstić information content (AvgIpc) is 3.09. The molecule has 6 nitrogen and oxygen atoms in total. The zero-order valence-electron chi connectivity index (χ0n) is 12.8. The van der Waals surface area contributed by atoms with E-state index in [1.54, 1.807) is 7.11 Å². The molecular weight excluding hydrogens is 254 g/mol. The third kappa shape index (κ3) is 2.27. The van der Waals surface area contributed by atoms with Crippen molar-refractivity contribution in [1.29, 1.82) is 0 Å². The quantitative estimate of drug-likeness (QED) is 0.784. The second-order valence-corrected chi connectivity index (χ2v) is 6.52. The van der Waals surface area contributed by atoms with Crippen LogP contribution in [0.1, 0.15) is 25.7 Å². The molecule has 1 aromatic rings. The third-order valence-corrected chi connectivity index (χ3v) is 4.85. The maximum Gasteiger partial charge on any atom is 0.339 e. The summed E-state index contributed by atoms with van der Waals surface area (Å²) in [5.41, 5.74) is 0. The van der Waals surface area contributed by atoms with Crippen LogP contribution in [0.25, 0.3) is 0 Å². The fraction of sp³-hybridized carbons (Fsp3) is 0.786. The van der Waals surface area contributed by atoms with Gasteiger partial charge in [-0.05, 0) is 0 Å². The number of likely N-dealkylation sites (tertiary alicyclic amines) is 2. The molecule has 1 aromatic heterocycles. The fourth-order valence-corrected chi connectivity index (χ4v) is 3.38. The zero-order chi connectivity index (χ0) is 14.2. The minimum Gasteiger partial charge on any atom is -0.466 e. The second-order valence-electron chi connectivity index (χ2n) is 6.52. The molecule has 0 aromatic carbocycles. The first kappa shape index (κ1) is 13.7. The van der Waals surface area contributed by atoms with E-state index in [0.29, 0.717) is 6.01 Å². The van der Waals surface area contributed by atoms with Crippen LogP contribution in [0.4, 0.5) is 11.9 Å². The van der Waals surface area contributed by atoms with E-state index in [4.69, 9.17) is 9.72 Å². The Morgan fingerprint density at radius 1 is 0.750 bits per heavy atom. The highest BCUT2D eigenvalue weighted by atomic mass is 16.5.